The number of guanidine groups is 1. The van der Waals surface area contributed by atoms with Crippen LogP contribution >= 0.6 is 11.6 Å². The van der Waals surface area contributed by atoms with Gasteiger partial charge in [0.1, 0.15) is 5.15 Å². The Balaban J connectivity index is 2.00. The maximum absolute atomic E-state index is 11.1. The number of aliphatic imine (C=N–C) groups is 1. The van der Waals surface area contributed by atoms with Gasteiger partial charge in [-0.25, -0.2) is 4.98 Å². The molecule has 94 valence electrons. The van der Waals surface area contributed by atoms with Crippen molar-refractivity contribution in [3.8, 4) is 0 Å². The van der Waals surface area contributed by atoms with E-state index in [0.29, 0.717) is 24.2 Å². The number of hydrogen-bond donors (Lipinski definition) is 2. The second-order valence-electron chi connectivity index (χ2n) is 3.75. The molecule has 0 saturated heterocycles. The minimum Gasteiger partial charge on any atom is -0.336 e. The van der Waals surface area contributed by atoms with Crippen molar-refractivity contribution in [2.24, 2.45) is 4.99 Å². The first kappa shape index (κ1) is 12.5. The molecule has 0 radical (unpaired) electrons. The molecule has 1 amide bonds. The van der Waals surface area contributed by atoms with Crippen LogP contribution in [0.15, 0.2) is 23.3 Å². The van der Waals surface area contributed by atoms with Crippen molar-refractivity contribution in [1.82, 2.24) is 15.2 Å². The first-order chi connectivity index (χ1) is 8.69. The van der Waals surface area contributed by atoms with E-state index in [1.807, 2.05) is 11.0 Å². The number of pyridine rings is 1. The zero-order valence-electron chi connectivity index (χ0n) is 9.56. The minimum absolute atomic E-state index is 0.450. The van der Waals surface area contributed by atoms with Crippen LogP contribution in [0.25, 0.3) is 0 Å². The summed E-state index contributed by atoms with van der Waals surface area (Å²) in [6.45, 7) is 1.96. The number of nitrogens with one attached hydrogen (secondary N) is 2. The highest BCUT2D eigenvalue weighted by molar-refractivity contribution is 6.29. The molecular formula is C11H12ClN5O. The highest BCUT2D eigenvalue weighted by atomic mass is 35.5. The molecule has 1 aromatic rings. The zero-order chi connectivity index (χ0) is 13.0. The average Bonchev–Trinajstić information content (AvgIpc) is 2.79. The van der Waals surface area contributed by atoms with Crippen molar-refractivity contribution in [3.05, 3.63) is 29.0 Å². The van der Waals surface area contributed by atoms with Crippen LogP contribution < -0.4 is 5.32 Å². The van der Waals surface area contributed by atoms with Gasteiger partial charge in [0, 0.05) is 19.3 Å². The molecule has 0 fully saturated rings. The van der Waals surface area contributed by atoms with E-state index in [1.165, 1.54) is 0 Å². The second-order valence-corrected chi connectivity index (χ2v) is 4.14. The van der Waals surface area contributed by atoms with E-state index < -0.39 is 5.91 Å². The topological polar surface area (TPSA) is 81.4 Å². The number of carbonyl (C=O) groups is 1. The van der Waals surface area contributed by atoms with E-state index in [2.05, 4.69) is 15.3 Å². The number of hydrogen-bond acceptors (Lipinski definition) is 5. The third-order valence-electron chi connectivity index (χ3n) is 2.46. The summed E-state index contributed by atoms with van der Waals surface area (Å²) in [5.41, 5.74) is 0.984. The van der Waals surface area contributed by atoms with Crippen LogP contribution in [-0.2, 0) is 11.3 Å². The van der Waals surface area contributed by atoms with Gasteiger partial charge in [0.05, 0.1) is 12.8 Å². The van der Waals surface area contributed by atoms with Gasteiger partial charge in [-0.1, -0.05) is 17.7 Å². The van der Waals surface area contributed by atoms with Crippen molar-refractivity contribution in [2.45, 2.75) is 6.54 Å². The van der Waals surface area contributed by atoms with E-state index in [4.69, 9.17) is 17.0 Å². The SMILES string of the molecule is N=CC(=O)NC1=NCCN1Cc1ccc(Cl)nc1. The first-order valence-corrected chi connectivity index (χ1v) is 5.78. The standard InChI is InChI=1S/C11H12ClN5O/c12-9-2-1-8(6-15-9)7-17-4-3-14-11(17)16-10(18)5-13/h1-2,5-6,13H,3-4,7H2,(H,14,16,18). The molecule has 1 aliphatic rings. The Bertz CT molecular complexity index is 485. The molecule has 0 unspecified atom stereocenters. The lowest BCUT2D eigenvalue weighted by atomic mass is 10.3. The highest BCUT2D eigenvalue weighted by Crippen LogP contribution is 2.10. The van der Waals surface area contributed by atoms with E-state index in [0.717, 1.165) is 18.3 Å². The molecule has 7 heteroatoms. The fourth-order valence-electron chi connectivity index (χ4n) is 1.62. The molecule has 0 saturated carbocycles. The fraction of sp³-hybridized carbons (Fsp3) is 0.273. The van der Waals surface area contributed by atoms with Gasteiger partial charge in [0.2, 0.25) is 5.96 Å². The van der Waals surface area contributed by atoms with Crippen molar-refractivity contribution in [2.75, 3.05) is 13.1 Å². The summed E-state index contributed by atoms with van der Waals surface area (Å²) in [5.74, 6) is 0.0216. The number of nitrogens with zero attached hydrogens (tertiary/aromatic N) is 3. The van der Waals surface area contributed by atoms with Gasteiger partial charge < -0.3 is 10.3 Å². The van der Waals surface area contributed by atoms with Crippen LogP contribution in [-0.4, -0.2) is 41.1 Å². The summed E-state index contributed by atoms with van der Waals surface area (Å²) in [4.78, 5) is 21.2. The van der Waals surface area contributed by atoms with Crippen molar-refractivity contribution >= 4 is 29.7 Å². The van der Waals surface area contributed by atoms with Gasteiger partial charge in [-0.2, -0.15) is 0 Å². The van der Waals surface area contributed by atoms with E-state index in [1.54, 1.807) is 12.3 Å². The predicted molar refractivity (Wildman–Crippen MR) is 68.9 cm³/mol. The van der Waals surface area contributed by atoms with Crippen LogP contribution in [0.5, 0.6) is 0 Å². The largest absolute Gasteiger partial charge is 0.336 e. The smallest absolute Gasteiger partial charge is 0.268 e. The molecule has 2 rings (SSSR count). The van der Waals surface area contributed by atoms with Gasteiger partial charge >= 0.3 is 0 Å². The average molecular weight is 266 g/mol. The van der Waals surface area contributed by atoms with Crippen LogP contribution in [0.3, 0.4) is 0 Å². The highest BCUT2D eigenvalue weighted by Gasteiger charge is 2.18. The Morgan fingerprint density at radius 2 is 2.44 bits per heavy atom. The van der Waals surface area contributed by atoms with Gasteiger partial charge in [-0.3, -0.25) is 15.1 Å². The summed E-state index contributed by atoms with van der Waals surface area (Å²) in [5, 5.41) is 9.86. The van der Waals surface area contributed by atoms with E-state index >= 15 is 0 Å². The minimum atomic E-state index is -0.477. The number of halogens is 1. The summed E-state index contributed by atoms with van der Waals surface area (Å²) >= 11 is 5.71. The van der Waals surface area contributed by atoms with Gasteiger partial charge in [-0.15, -0.1) is 0 Å². The third-order valence-corrected chi connectivity index (χ3v) is 2.68. The second kappa shape index (κ2) is 5.59. The van der Waals surface area contributed by atoms with E-state index in [9.17, 15) is 4.79 Å². The maximum atomic E-state index is 11.1. The molecule has 2 N–H and O–H groups in total. The Labute approximate surface area is 109 Å². The summed E-state index contributed by atoms with van der Waals surface area (Å²) in [6, 6.07) is 3.60. The Kier molecular flexibility index (Phi) is 3.88. The molecule has 1 aromatic heterocycles. The number of rotatable bonds is 3. The predicted octanol–water partition coefficient (Wildman–Crippen LogP) is 0.672. The van der Waals surface area contributed by atoms with Gasteiger partial charge in [-0.05, 0) is 11.6 Å². The molecule has 0 spiro atoms. The van der Waals surface area contributed by atoms with Crippen molar-refractivity contribution in [3.63, 3.8) is 0 Å². The molecule has 0 bridgehead atoms. The molecule has 6 nitrogen and oxygen atoms in total. The Hall–Kier alpha value is -1.95. The maximum Gasteiger partial charge on any atom is 0.268 e. The van der Waals surface area contributed by atoms with E-state index in [-0.39, 0.29) is 0 Å². The summed E-state index contributed by atoms with van der Waals surface area (Å²) in [7, 11) is 0. The normalized spacial score (nSPS) is 14.3. The zero-order valence-corrected chi connectivity index (χ0v) is 10.3. The summed E-state index contributed by atoms with van der Waals surface area (Å²) in [6.07, 6.45) is 2.42. The van der Waals surface area contributed by atoms with Crippen LogP contribution in [0.1, 0.15) is 5.56 Å². The molecule has 0 aliphatic carbocycles. The number of amides is 1. The third kappa shape index (κ3) is 3.04. The lowest BCUT2D eigenvalue weighted by Crippen LogP contribution is -2.41. The Morgan fingerprint density at radius 3 is 3.11 bits per heavy atom. The molecule has 1 aliphatic heterocycles. The number of carbonyl (C=O) groups excluding carboxylic acids is 1. The molecule has 2 heterocycles. The Morgan fingerprint density at radius 1 is 1.61 bits per heavy atom. The lowest BCUT2D eigenvalue weighted by Gasteiger charge is -2.19. The molecule has 0 aromatic carbocycles. The molecule has 18 heavy (non-hydrogen) atoms. The quantitative estimate of drug-likeness (QED) is 0.623. The fourth-order valence-corrected chi connectivity index (χ4v) is 1.73. The van der Waals surface area contributed by atoms with Crippen LogP contribution in [0, 0.1) is 5.41 Å². The van der Waals surface area contributed by atoms with Crippen molar-refractivity contribution < 1.29 is 4.79 Å². The monoisotopic (exact) mass is 265 g/mol. The lowest BCUT2D eigenvalue weighted by molar-refractivity contribution is -0.113. The summed E-state index contributed by atoms with van der Waals surface area (Å²) < 4.78 is 0. The van der Waals surface area contributed by atoms with Crippen molar-refractivity contribution in [1.29, 1.82) is 5.41 Å². The van der Waals surface area contributed by atoms with Gasteiger partial charge in [0.25, 0.3) is 5.91 Å². The molecular weight excluding hydrogens is 254 g/mol. The number of aromatic nitrogens is 1. The van der Waals surface area contributed by atoms with Gasteiger partial charge in [0.15, 0.2) is 0 Å². The first-order valence-electron chi connectivity index (χ1n) is 5.40. The van der Waals surface area contributed by atoms with Crippen LogP contribution in [0.2, 0.25) is 5.15 Å². The van der Waals surface area contributed by atoms with Crippen LogP contribution in [0.4, 0.5) is 0 Å². The molecule has 0 atom stereocenters.